The first-order chi connectivity index (χ1) is 15.3. The maximum absolute atomic E-state index is 14.0. The maximum atomic E-state index is 14.0. The standard InChI is InChI=1S/C23H22F2N4O2S/c1-14-3-2-4-16(11-14)22-26-27-23(32)29(22)13-20(30)28-9-7-15(8-10-28)21(31)18-12-17(24)5-6-19(18)25/h2-6,11-12,15H,7-10,13H2,1H3,(H,27,32). The number of likely N-dealkylation sites (tertiary alicyclic amines) is 1. The number of amides is 1. The van der Waals surface area contributed by atoms with Gasteiger partial charge in [0.05, 0.1) is 5.56 Å². The Morgan fingerprint density at radius 2 is 1.91 bits per heavy atom. The first-order valence-electron chi connectivity index (χ1n) is 10.3. The number of halogens is 2. The predicted octanol–water partition coefficient (Wildman–Crippen LogP) is 4.32. The first kappa shape index (κ1) is 22.0. The molecule has 2 heterocycles. The number of carbonyl (C=O) groups excluding carboxylic acids is 2. The Bertz CT molecular complexity index is 1230. The van der Waals surface area contributed by atoms with Crippen molar-refractivity contribution in [2.24, 2.45) is 5.92 Å². The van der Waals surface area contributed by atoms with Gasteiger partial charge in [-0.1, -0.05) is 23.8 Å². The molecule has 9 heteroatoms. The summed E-state index contributed by atoms with van der Waals surface area (Å²) in [6.07, 6.45) is 0.782. The Hall–Kier alpha value is -3.20. The second kappa shape index (κ2) is 9.12. The van der Waals surface area contributed by atoms with E-state index in [9.17, 15) is 18.4 Å². The number of carbonyl (C=O) groups is 2. The molecular formula is C23H22F2N4O2S. The molecule has 1 fully saturated rings. The summed E-state index contributed by atoms with van der Waals surface area (Å²) in [5, 5.41) is 7.02. The smallest absolute Gasteiger partial charge is 0.242 e. The molecule has 166 valence electrons. The first-order valence-corrected chi connectivity index (χ1v) is 10.7. The molecular weight excluding hydrogens is 434 g/mol. The van der Waals surface area contributed by atoms with E-state index in [1.165, 1.54) is 0 Å². The van der Waals surface area contributed by atoms with E-state index in [1.807, 2.05) is 31.2 Å². The minimum Gasteiger partial charge on any atom is -0.341 e. The summed E-state index contributed by atoms with van der Waals surface area (Å²) in [6, 6.07) is 10.6. The Balaban J connectivity index is 1.43. The molecule has 0 saturated carbocycles. The van der Waals surface area contributed by atoms with Gasteiger partial charge in [-0.15, -0.1) is 0 Å². The Morgan fingerprint density at radius 3 is 2.62 bits per heavy atom. The molecule has 0 radical (unpaired) electrons. The van der Waals surface area contributed by atoms with E-state index in [2.05, 4.69) is 10.2 Å². The van der Waals surface area contributed by atoms with Crippen LogP contribution in [0.3, 0.4) is 0 Å². The largest absolute Gasteiger partial charge is 0.341 e. The molecule has 0 unspecified atom stereocenters. The third-order valence-electron chi connectivity index (χ3n) is 5.74. The summed E-state index contributed by atoms with van der Waals surface area (Å²) in [5.41, 5.74) is 1.68. The van der Waals surface area contributed by atoms with Crippen molar-refractivity contribution in [3.05, 3.63) is 70.0 Å². The van der Waals surface area contributed by atoms with Crippen LogP contribution in [0.4, 0.5) is 8.78 Å². The van der Waals surface area contributed by atoms with Gasteiger partial charge in [0.2, 0.25) is 5.91 Å². The summed E-state index contributed by atoms with van der Waals surface area (Å²) >= 11 is 5.32. The fourth-order valence-electron chi connectivity index (χ4n) is 4.00. The second-order valence-electron chi connectivity index (χ2n) is 7.95. The van der Waals surface area contributed by atoms with Gasteiger partial charge in [0.1, 0.15) is 18.2 Å². The number of Topliss-reactive ketones (excluding diaryl/α,β-unsaturated/α-hetero) is 1. The number of ketones is 1. The summed E-state index contributed by atoms with van der Waals surface area (Å²) in [5.74, 6) is -1.81. The highest BCUT2D eigenvalue weighted by Gasteiger charge is 2.30. The van der Waals surface area contributed by atoms with Crippen molar-refractivity contribution in [2.45, 2.75) is 26.3 Å². The lowest BCUT2D eigenvalue weighted by Crippen LogP contribution is -2.42. The van der Waals surface area contributed by atoms with Gasteiger partial charge in [-0.25, -0.2) is 8.78 Å². The Labute approximate surface area is 188 Å². The minimum atomic E-state index is -0.729. The maximum Gasteiger partial charge on any atom is 0.242 e. The Morgan fingerprint density at radius 1 is 1.16 bits per heavy atom. The number of aromatic amines is 1. The van der Waals surface area contributed by atoms with Crippen molar-refractivity contribution >= 4 is 23.9 Å². The van der Waals surface area contributed by atoms with E-state index in [1.54, 1.807) is 9.47 Å². The number of nitrogens with zero attached hydrogens (tertiary/aromatic N) is 3. The van der Waals surface area contributed by atoms with Crippen LogP contribution < -0.4 is 0 Å². The normalized spacial score (nSPS) is 14.5. The fraction of sp³-hybridized carbons (Fsp3) is 0.304. The third-order valence-corrected chi connectivity index (χ3v) is 6.05. The van der Waals surface area contributed by atoms with E-state index >= 15 is 0 Å². The van der Waals surface area contributed by atoms with Gasteiger partial charge in [0.15, 0.2) is 16.4 Å². The summed E-state index contributed by atoms with van der Waals surface area (Å²) in [7, 11) is 0. The fourth-order valence-corrected chi connectivity index (χ4v) is 4.20. The summed E-state index contributed by atoms with van der Waals surface area (Å²) < 4.78 is 29.4. The van der Waals surface area contributed by atoms with Crippen LogP contribution in [0, 0.1) is 29.2 Å². The average molecular weight is 457 g/mol. The molecule has 0 atom stereocenters. The number of H-pyrrole nitrogens is 1. The van der Waals surface area contributed by atoms with E-state index in [0.29, 0.717) is 36.5 Å². The lowest BCUT2D eigenvalue weighted by molar-refractivity contribution is -0.133. The number of hydrogen-bond donors (Lipinski definition) is 1. The average Bonchev–Trinajstić information content (AvgIpc) is 3.15. The van der Waals surface area contributed by atoms with Crippen LogP contribution in [0.5, 0.6) is 0 Å². The van der Waals surface area contributed by atoms with Crippen molar-refractivity contribution < 1.29 is 18.4 Å². The van der Waals surface area contributed by atoms with Crippen molar-refractivity contribution in [3.8, 4) is 11.4 Å². The second-order valence-corrected chi connectivity index (χ2v) is 8.34. The van der Waals surface area contributed by atoms with Crippen LogP contribution in [-0.2, 0) is 11.3 Å². The topological polar surface area (TPSA) is 71.0 Å². The molecule has 1 aliphatic heterocycles. The number of piperidine rings is 1. The zero-order valence-electron chi connectivity index (χ0n) is 17.5. The molecule has 1 aromatic heterocycles. The molecule has 6 nitrogen and oxygen atoms in total. The van der Waals surface area contributed by atoms with Crippen LogP contribution in [0.2, 0.25) is 0 Å². The molecule has 0 spiro atoms. The van der Waals surface area contributed by atoms with Gasteiger partial charge in [-0.2, -0.15) is 5.10 Å². The number of hydrogen-bond acceptors (Lipinski definition) is 4. The molecule has 1 saturated heterocycles. The zero-order valence-corrected chi connectivity index (χ0v) is 18.3. The predicted molar refractivity (Wildman–Crippen MR) is 118 cm³/mol. The number of aryl methyl sites for hydroxylation is 1. The third kappa shape index (κ3) is 4.52. The van der Waals surface area contributed by atoms with Gasteiger partial charge >= 0.3 is 0 Å². The lowest BCUT2D eigenvalue weighted by atomic mass is 9.88. The molecule has 2 aromatic carbocycles. The Kier molecular flexibility index (Phi) is 6.27. The van der Waals surface area contributed by atoms with Gasteiger partial charge in [0.25, 0.3) is 0 Å². The number of benzene rings is 2. The highest BCUT2D eigenvalue weighted by molar-refractivity contribution is 7.71. The van der Waals surface area contributed by atoms with Crippen LogP contribution in [0.15, 0.2) is 42.5 Å². The molecule has 4 rings (SSSR count). The molecule has 1 N–H and O–H groups in total. The molecule has 0 aliphatic carbocycles. The molecule has 32 heavy (non-hydrogen) atoms. The highest BCUT2D eigenvalue weighted by Crippen LogP contribution is 2.25. The van der Waals surface area contributed by atoms with E-state index < -0.39 is 23.3 Å². The van der Waals surface area contributed by atoms with Gasteiger partial charge < -0.3 is 4.90 Å². The van der Waals surface area contributed by atoms with Crippen LogP contribution in [-0.4, -0.2) is 44.4 Å². The minimum absolute atomic E-state index is 0.0236. The molecule has 0 bridgehead atoms. The number of rotatable bonds is 5. The zero-order chi connectivity index (χ0) is 22.8. The molecule has 1 aliphatic rings. The van der Waals surface area contributed by atoms with Crippen molar-refractivity contribution in [1.82, 2.24) is 19.7 Å². The van der Waals surface area contributed by atoms with E-state index in [4.69, 9.17) is 12.2 Å². The number of aromatic nitrogens is 3. The van der Waals surface area contributed by atoms with Gasteiger partial charge in [-0.3, -0.25) is 19.3 Å². The van der Waals surface area contributed by atoms with Crippen LogP contribution in [0.25, 0.3) is 11.4 Å². The van der Waals surface area contributed by atoms with Crippen molar-refractivity contribution in [3.63, 3.8) is 0 Å². The van der Waals surface area contributed by atoms with Gasteiger partial charge in [0, 0.05) is 24.6 Å². The summed E-state index contributed by atoms with van der Waals surface area (Å²) in [6.45, 7) is 2.71. The monoisotopic (exact) mass is 456 g/mol. The molecule has 3 aromatic rings. The van der Waals surface area contributed by atoms with Crippen molar-refractivity contribution in [2.75, 3.05) is 13.1 Å². The van der Waals surface area contributed by atoms with E-state index in [-0.39, 0.29) is 18.0 Å². The van der Waals surface area contributed by atoms with E-state index in [0.717, 1.165) is 29.3 Å². The molecule has 1 amide bonds. The SMILES string of the molecule is Cc1cccc(-c2n[nH]c(=S)n2CC(=O)N2CCC(C(=O)c3cc(F)ccc3F)CC2)c1. The van der Waals surface area contributed by atoms with Crippen LogP contribution in [0.1, 0.15) is 28.8 Å². The quantitative estimate of drug-likeness (QED) is 0.459. The lowest BCUT2D eigenvalue weighted by Gasteiger charge is -2.31. The van der Waals surface area contributed by atoms with Gasteiger partial charge in [-0.05, 0) is 56.2 Å². The van der Waals surface area contributed by atoms with Crippen molar-refractivity contribution in [1.29, 1.82) is 0 Å². The van der Waals surface area contributed by atoms with Crippen LogP contribution >= 0.6 is 12.2 Å². The summed E-state index contributed by atoms with van der Waals surface area (Å²) in [4.78, 5) is 27.2. The highest BCUT2D eigenvalue weighted by atomic mass is 32.1. The number of nitrogens with one attached hydrogen (secondary N) is 1.